The molecule has 1 heterocycles. The summed E-state index contributed by atoms with van der Waals surface area (Å²) >= 11 is 0. The quantitative estimate of drug-likeness (QED) is 0.745. The van der Waals surface area contributed by atoms with Gasteiger partial charge < -0.3 is 15.4 Å². The summed E-state index contributed by atoms with van der Waals surface area (Å²) in [5.74, 6) is -0.212. The fourth-order valence-electron chi connectivity index (χ4n) is 2.43. The maximum Gasteiger partial charge on any atom is 0.233 e. The van der Waals surface area contributed by atoms with Crippen LogP contribution in [0.25, 0.3) is 0 Å². The zero-order valence-electron chi connectivity index (χ0n) is 13.7. The average Bonchev–Trinajstić information content (AvgIpc) is 2.79. The molecular formula is C16H22N2O5S. The highest BCUT2D eigenvalue weighted by Crippen LogP contribution is 2.17. The van der Waals surface area contributed by atoms with Crippen molar-refractivity contribution in [2.75, 3.05) is 16.8 Å². The molecule has 1 aromatic rings. The minimum absolute atomic E-state index is 0.0579. The molecule has 1 aliphatic heterocycles. The van der Waals surface area contributed by atoms with Crippen molar-refractivity contribution in [2.45, 2.75) is 38.8 Å². The molecule has 1 aromatic carbocycles. The number of amides is 2. The van der Waals surface area contributed by atoms with Crippen molar-refractivity contribution in [1.82, 2.24) is 5.32 Å². The lowest BCUT2D eigenvalue weighted by atomic mass is 10.2. The second-order valence-corrected chi connectivity index (χ2v) is 8.31. The molecule has 132 valence electrons. The summed E-state index contributed by atoms with van der Waals surface area (Å²) in [5, 5.41) is 5.20. The van der Waals surface area contributed by atoms with Crippen LogP contribution in [0.3, 0.4) is 0 Å². The SMILES string of the molecule is CC(C)Oc1ccc(NC(=O)CC(=O)NC2CCS(=O)(=O)C2)cc1. The van der Waals surface area contributed by atoms with Crippen LogP contribution >= 0.6 is 0 Å². The first-order valence-corrected chi connectivity index (χ1v) is 9.62. The predicted molar refractivity (Wildman–Crippen MR) is 90.7 cm³/mol. The average molecular weight is 354 g/mol. The van der Waals surface area contributed by atoms with E-state index in [9.17, 15) is 18.0 Å². The molecule has 7 nitrogen and oxygen atoms in total. The van der Waals surface area contributed by atoms with Crippen LogP contribution in [0.15, 0.2) is 24.3 Å². The summed E-state index contributed by atoms with van der Waals surface area (Å²) in [7, 11) is -3.06. The van der Waals surface area contributed by atoms with Gasteiger partial charge in [-0.25, -0.2) is 8.42 Å². The predicted octanol–water partition coefficient (Wildman–Crippen LogP) is 1.11. The smallest absolute Gasteiger partial charge is 0.233 e. The van der Waals surface area contributed by atoms with Gasteiger partial charge in [-0.15, -0.1) is 0 Å². The van der Waals surface area contributed by atoms with Gasteiger partial charge in [-0.2, -0.15) is 0 Å². The van der Waals surface area contributed by atoms with Gasteiger partial charge in [-0.1, -0.05) is 0 Å². The van der Waals surface area contributed by atoms with Crippen LogP contribution in [0.2, 0.25) is 0 Å². The van der Waals surface area contributed by atoms with Crippen LogP contribution in [0.1, 0.15) is 26.7 Å². The summed E-state index contributed by atoms with van der Waals surface area (Å²) in [4.78, 5) is 23.7. The maximum absolute atomic E-state index is 11.9. The molecule has 0 radical (unpaired) electrons. The van der Waals surface area contributed by atoms with Crippen molar-refractivity contribution in [3.63, 3.8) is 0 Å². The molecule has 2 N–H and O–H groups in total. The van der Waals surface area contributed by atoms with E-state index in [0.717, 1.165) is 0 Å². The molecule has 1 atom stereocenters. The molecule has 0 aliphatic carbocycles. The lowest BCUT2D eigenvalue weighted by Crippen LogP contribution is -2.37. The highest BCUT2D eigenvalue weighted by molar-refractivity contribution is 7.91. The number of hydrogen-bond acceptors (Lipinski definition) is 5. The number of carbonyl (C=O) groups excluding carboxylic acids is 2. The van der Waals surface area contributed by atoms with Gasteiger partial charge in [0, 0.05) is 11.7 Å². The zero-order chi connectivity index (χ0) is 17.7. The van der Waals surface area contributed by atoms with E-state index in [1.807, 2.05) is 13.8 Å². The highest BCUT2D eigenvalue weighted by Gasteiger charge is 2.29. The van der Waals surface area contributed by atoms with Gasteiger partial charge in [0.05, 0.1) is 17.6 Å². The molecule has 0 spiro atoms. The lowest BCUT2D eigenvalue weighted by molar-refractivity contribution is -0.127. The van der Waals surface area contributed by atoms with E-state index in [-0.39, 0.29) is 24.0 Å². The molecule has 1 saturated heterocycles. The van der Waals surface area contributed by atoms with Crippen molar-refractivity contribution in [3.05, 3.63) is 24.3 Å². The molecule has 0 saturated carbocycles. The molecule has 1 fully saturated rings. The molecule has 1 unspecified atom stereocenters. The largest absolute Gasteiger partial charge is 0.491 e. The Kier molecular flexibility index (Phi) is 5.82. The molecule has 1 aliphatic rings. The fourth-order valence-corrected chi connectivity index (χ4v) is 4.10. The van der Waals surface area contributed by atoms with E-state index in [1.54, 1.807) is 24.3 Å². The topological polar surface area (TPSA) is 102 Å². The van der Waals surface area contributed by atoms with E-state index in [0.29, 0.717) is 17.9 Å². The third kappa shape index (κ3) is 5.84. The number of carbonyl (C=O) groups is 2. The van der Waals surface area contributed by atoms with Crippen LogP contribution in [0.4, 0.5) is 5.69 Å². The van der Waals surface area contributed by atoms with E-state index in [1.165, 1.54) is 0 Å². The Morgan fingerprint density at radius 2 is 1.88 bits per heavy atom. The van der Waals surface area contributed by atoms with Crippen molar-refractivity contribution >= 4 is 27.3 Å². The minimum atomic E-state index is -3.06. The zero-order valence-corrected chi connectivity index (χ0v) is 14.6. The normalized spacial score (nSPS) is 19.0. The molecule has 24 heavy (non-hydrogen) atoms. The number of rotatable bonds is 6. The Labute approximate surface area is 141 Å². The first-order valence-electron chi connectivity index (χ1n) is 7.80. The standard InChI is InChI=1S/C16H22N2O5S/c1-11(2)23-14-5-3-12(4-6-14)17-15(19)9-16(20)18-13-7-8-24(21,22)10-13/h3-6,11,13H,7-10H2,1-2H3,(H,17,19)(H,18,20). The van der Waals surface area contributed by atoms with Crippen LogP contribution in [-0.2, 0) is 19.4 Å². The first kappa shape index (κ1) is 18.3. The Balaban J connectivity index is 1.79. The molecule has 2 rings (SSSR count). The number of sulfone groups is 1. The van der Waals surface area contributed by atoms with E-state index in [2.05, 4.69) is 10.6 Å². The van der Waals surface area contributed by atoms with Gasteiger partial charge >= 0.3 is 0 Å². The van der Waals surface area contributed by atoms with Crippen LogP contribution in [-0.4, -0.2) is 43.9 Å². The number of anilines is 1. The lowest BCUT2D eigenvalue weighted by Gasteiger charge is -2.12. The Morgan fingerprint density at radius 3 is 2.42 bits per heavy atom. The number of benzene rings is 1. The van der Waals surface area contributed by atoms with Crippen molar-refractivity contribution in [3.8, 4) is 5.75 Å². The molecule has 0 aromatic heterocycles. The van der Waals surface area contributed by atoms with Crippen LogP contribution < -0.4 is 15.4 Å². The molecule has 8 heteroatoms. The first-order chi connectivity index (χ1) is 11.2. The Morgan fingerprint density at radius 1 is 1.21 bits per heavy atom. The van der Waals surface area contributed by atoms with Crippen LogP contribution in [0.5, 0.6) is 5.75 Å². The summed E-state index contributed by atoms with van der Waals surface area (Å²) in [5.41, 5.74) is 0.562. The number of hydrogen-bond donors (Lipinski definition) is 2. The third-order valence-corrected chi connectivity index (χ3v) is 5.20. The van der Waals surface area contributed by atoms with Crippen molar-refractivity contribution < 1.29 is 22.7 Å². The van der Waals surface area contributed by atoms with E-state index >= 15 is 0 Å². The summed E-state index contributed by atoms with van der Waals surface area (Å²) in [6.07, 6.45) is 0.113. The number of nitrogens with one attached hydrogen (secondary N) is 2. The van der Waals surface area contributed by atoms with Crippen molar-refractivity contribution in [1.29, 1.82) is 0 Å². The summed E-state index contributed by atoms with van der Waals surface area (Å²) in [6.45, 7) is 3.84. The fraction of sp³-hybridized carbons (Fsp3) is 0.500. The summed E-state index contributed by atoms with van der Waals surface area (Å²) in [6, 6.07) is 6.45. The Bertz CT molecular complexity index is 698. The van der Waals surface area contributed by atoms with Gasteiger partial charge in [0.25, 0.3) is 0 Å². The third-order valence-electron chi connectivity index (χ3n) is 3.43. The minimum Gasteiger partial charge on any atom is -0.491 e. The highest BCUT2D eigenvalue weighted by atomic mass is 32.2. The monoisotopic (exact) mass is 354 g/mol. The van der Waals surface area contributed by atoms with Crippen LogP contribution in [0, 0.1) is 0 Å². The van der Waals surface area contributed by atoms with Gasteiger partial charge in [-0.3, -0.25) is 9.59 Å². The van der Waals surface area contributed by atoms with Gasteiger partial charge in [0.1, 0.15) is 12.2 Å². The van der Waals surface area contributed by atoms with Crippen molar-refractivity contribution in [2.24, 2.45) is 0 Å². The van der Waals surface area contributed by atoms with E-state index in [4.69, 9.17) is 4.74 Å². The van der Waals surface area contributed by atoms with E-state index < -0.39 is 27.7 Å². The molecule has 2 amide bonds. The maximum atomic E-state index is 11.9. The second kappa shape index (κ2) is 7.65. The second-order valence-electron chi connectivity index (χ2n) is 6.08. The number of ether oxygens (including phenoxy) is 1. The Hall–Kier alpha value is -2.09. The van der Waals surface area contributed by atoms with Gasteiger partial charge in [0.15, 0.2) is 9.84 Å². The molecular weight excluding hydrogens is 332 g/mol. The van der Waals surface area contributed by atoms with Gasteiger partial charge in [0.2, 0.25) is 11.8 Å². The molecule has 0 bridgehead atoms. The van der Waals surface area contributed by atoms with Gasteiger partial charge in [-0.05, 0) is 44.5 Å². The summed E-state index contributed by atoms with van der Waals surface area (Å²) < 4.78 is 28.2.